The summed E-state index contributed by atoms with van der Waals surface area (Å²) in [5.41, 5.74) is 1.51. The number of nitrogens with one attached hydrogen (secondary N) is 2. The first-order valence-corrected chi connectivity index (χ1v) is 10.8. The van der Waals surface area contributed by atoms with Gasteiger partial charge in [0.2, 0.25) is 0 Å². The van der Waals surface area contributed by atoms with E-state index >= 15 is 0 Å². The highest BCUT2D eigenvalue weighted by molar-refractivity contribution is 7.22. The van der Waals surface area contributed by atoms with Crippen molar-refractivity contribution in [3.63, 3.8) is 0 Å². The molecule has 2 amide bonds. The number of rotatable bonds is 4. The molecule has 0 saturated carbocycles. The lowest BCUT2D eigenvalue weighted by molar-refractivity contribution is 0.102. The van der Waals surface area contributed by atoms with Gasteiger partial charge >= 0.3 is 0 Å². The van der Waals surface area contributed by atoms with Gasteiger partial charge in [-0.1, -0.05) is 29.5 Å². The smallest absolute Gasteiger partial charge is 0.265 e. The average molecular weight is 438 g/mol. The second-order valence-electron chi connectivity index (χ2n) is 6.41. The van der Waals surface area contributed by atoms with E-state index in [0.29, 0.717) is 46.0 Å². The predicted octanol–water partition coefficient (Wildman–Crippen LogP) is 4.63. The third-order valence-electron chi connectivity index (χ3n) is 4.44. The van der Waals surface area contributed by atoms with Crippen molar-refractivity contribution in [3.05, 3.63) is 64.4 Å². The summed E-state index contributed by atoms with van der Waals surface area (Å²) in [5.74, 6) is 0.722. The molecule has 1 aliphatic heterocycles. The molecule has 0 unspecified atom stereocenters. The first-order valence-electron chi connectivity index (χ1n) is 9.13. The van der Waals surface area contributed by atoms with Crippen molar-refractivity contribution in [1.82, 2.24) is 4.98 Å². The Balaban J connectivity index is 1.38. The van der Waals surface area contributed by atoms with Crippen LogP contribution >= 0.6 is 22.7 Å². The summed E-state index contributed by atoms with van der Waals surface area (Å²) in [6.45, 7) is 1.01. The van der Waals surface area contributed by atoms with Gasteiger partial charge in [0.15, 0.2) is 16.6 Å². The molecule has 1 aliphatic rings. The van der Waals surface area contributed by atoms with Crippen LogP contribution in [-0.4, -0.2) is 30.0 Å². The van der Waals surface area contributed by atoms with E-state index in [0.717, 1.165) is 10.2 Å². The number of amides is 2. The Morgan fingerprint density at radius 1 is 0.933 bits per heavy atom. The molecule has 0 fully saturated rings. The molecule has 0 aliphatic carbocycles. The highest BCUT2D eigenvalue weighted by atomic mass is 32.1. The first kappa shape index (κ1) is 18.6. The van der Waals surface area contributed by atoms with Crippen LogP contribution in [0.5, 0.6) is 11.5 Å². The minimum atomic E-state index is -0.353. The van der Waals surface area contributed by atoms with Crippen LogP contribution in [0.1, 0.15) is 20.0 Å². The number of carbonyl (C=O) groups is 2. The molecule has 2 N–H and O–H groups in total. The maximum Gasteiger partial charge on any atom is 0.265 e. The average Bonchev–Trinajstić information content (AvgIpc) is 3.42. The molecule has 0 radical (unpaired) electrons. The van der Waals surface area contributed by atoms with Crippen LogP contribution in [0.2, 0.25) is 0 Å². The molecule has 150 valence electrons. The molecular formula is C21H15N3O4S2. The second-order valence-corrected chi connectivity index (χ2v) is 8.39. The number of hydrogen-bond donors (Lipinski definition) is 2. The number of aromatic nitrogens is 1. The summed E-state index contributed by atoms with van der Waals surface area (Å²) in [6.07, 6.45) is 0. The molecule has 0 saturated heterocycles. The van der Waals surface area contributed by atoms with Crippen LogP contribution in [0.4, 0.5) is 10.8 Å². The highest BCUT2D eigenvalue weighted by Gasteiger charge is 2.18. The number of hydrogen-bond acceptors (Lipinski definition) is 7. The Bertz CT molecular complexity index is 1210. The summed E-state index contributed by atoms with van der Waals surface area (Å²) >= 11 is 2.69. The third kappa shape index (κ3) is 3.60. The van der Waals surface area contributed by atoms with Gasteiger partial charge in [0.05, 0.1) is 26.3 Å². The van der Waals surface area contributed by atoms with Crippen LogP contribution in [0.15, 0.2) is 53.9 Å². The van der Waals surface area contributed by atoms with Crippen molar-refractivity contribution >= 4 is 55.5 Å². The van der Waals surface area contributed by atoms with Crippen LogP contribution in [0.25, 0.3) is 10.2 Å². The topological polar surface area (TPSA) is 89.6 Å². The molecule has 2 aromatic carbocycles. The third-order valence-corrected chi connectivity index (χ3v) is 6.24. The molecule has 30 heavy (non-hydrogen) atoms. The van der Waals surface area contributed by atoms with E-state index in [1.165, 1.54) is 22.7 Å². The molecule has 4 aromatic rings. The number of fused-ring (bicyclic) bond motifs is 2. The van der Waals surface area contributed by atoms with Gasteiger partial charge in [0.25, 0.3) is 11.8 Å². The molecule has 7 nitrogen and oxygen atoms in total. The Morgan fingerprint density at radius 3 is 2.53 bits per heavy atom. The van der Waals surface area contributed by atoms with E-state index in [1.54, 1.807) is 36.4 Å². The fraction of sp³-hybridized carbons (Fsp3) is 0.0952. The molecule has 5 rings (SSSR count). The molecule has 2 aromatic heterocycles. The zero-order valence-electron chi connectivity index (χ0n) is 15.5. The maximum atomic E-state index is 12.9. The quantitative estimate of drug-likeness (QED) is 0.486. The maximum absolute atomic E-state index is 12.9. The highest BCUT2D eigenvalue weighted by Crippen LogP contribution is 2.38. The van der Waals surface area contributed by atoms with Gasteiger partial charge in [-0.05, 0) is 23.6 Å². The zero-order valence-corrected chi connectivity index (χ0v) is 17.1. The standard InChI is InChI=1S/C21H15N3O4S2/c25-19(12-4-1-2-5-13(12)22-20(26)17-6-3-9-29-17)24-21-23-14-10-15-16(11-18(14)30-21)28-8-7-27-15/h1-6,9-11H,7-8H2,(H,22,26)(H,23,24,25). The number of thiazole rings is 1. The molecule has 9 heteroatoms. The van der Waals surface area contributed by atoms with Crippen LogP contribution in [0, 0.1) is 0 Å². The molecule has 0 bridgehead atoms. The van der Waals surface area contributed by atoms with Crippen LogP contribution < -0.4 is 20.1 Å². The molecule has 3 heterocycles. The lowest BCUT2D eigenvalue weighted by Gasteiger charge is -2.17. The Labute approximate surface area is 179 Å². The van der Waals surface area contributed by atoms with Gasteiger partial charge in [-0.3, -0.25) is 14.9 Å². The van der Waals surface area contributed by atoms with Gasteiger partial charge in [0, 0.05) is 12.1 Å². The summed E-state index contributed by atoms with van der Waals surface area (Å²) < 4.78 is 12.1. The fourth-order valence-electron chi connectivity index (χ4n) is 3.06. The van der Waals surface area contributed by atoms with Crippen molar-refractivity contribution in [2.75, 3.05) is 23.8 Å². The fourth-order valence-corrected chi connectivity index (χ4v) is 4.55. The number of carbonyl (C=O) groups excluding carboxylic acids is 2. The lowest BCUT2D eigenvalue weighted by Crippen LogP contribution is -2.17. The van der Waals surface area contributed by atoms with Crippen molar-refractivity contribution in [1.29, 1.82) is 0 Å². The van der Waals surface area contributed by atoms with E-state index in [1.807, 2.05) is 17.5 Å². The van der Waals surface area contributed by atoms with Gasteiger partial charge in [-0.2, -0.15) is 0 Å². The summed E-state index contributed by atoms with van der Waals surface area (Å²) in [7, 11) is 0. The van der Waals surface area contributed by atoms with E-state index in [-0.39, 0.29) is 11.8 Å². The largest absolute Gasteiger partial charge is 0.486 e. The number of nitrogens with zero attached hydrogens (tertiary/aromatic N) is 1. The monoisotopic (exact) mass is 437 g/mol. The van der Waals surface area contributed by atoms with Crippen molar-refractivity contribution in [2.24, 2.45) is 0 Å². The first-order chi connectivity index (χ1) is 14.7. The normalized spacial score (nSPS) is 12.5. The van der Waals surface area contributed by atoms with Crippen molar-refractivity contribution in [3.8, 4) is 11.5 Å². The summed E-state index contributed by atoms with van der Waals surface area (Å²) in [6, 6.07) is 14.1. The molecule has 0 spiro atoms. The number of para-hydroxylation sites is 1. The van der Waals surface area contributed by atoms with Gasteiger partial charge in [-0.15, -0.1) is 11.3 Å². The Hall–Kier alpha value is -3.43. The lowest BCUT2D eigenvalue weighted by atomic mass is 10.1. The second kappa shape index (κ2) is 7.77. The zero-order chi connectivity index (χ0) is 20.5. The predicted molar refractivity (Wildman–Crippen MR) is 117 cm³/mol. The van der Waals surface area contributed by atoms with Crippen LogP contribution in [0.3, 0.4) is 0 Å². The summed E-state index contributed by atoms with van der Waals surface area (Å²) in [5, 5.41) is 7.91. The van der Waals surface area contributed by atoms with E-state index in [2.05, 4.69) is 15.6 Å². The van der Waals surface area contributed by atoms with Crippen molar-refractivity contribution < 1.29 is 19.1 Å². The SMILES string of the molecule is O=C(Nc1ccccc1C(=O)Nc1nc2cc3c(cc2s1)OCCO3)c1cccs1. The van der Waals surface area contributed by atoms with E-state index < -0.39 is 0 Å². The number of benzene rings is 2. The minimum Gasteiger partial charge on any atom is -0.486 e. The summed E-state index contributed by atoms with van der Waals surface area (Å²) in [4.78, 5) is 30.3. The minimum absolute atomic E-state index is 0.254. The van der Waals surface area contributed by atoms with Gasteiger partial charge in [-0.25, -0.2) is 4.98 Å². The van der Waals surface area contributed by atoms with E-state index in [9.17, 15) is 9.59 Å². The number of thiophene rings is 1. The molecular weight excluding hydrogens is 422 g/mol. The Kier molecular flexibility index (Phi) is 4.82. The Morgan fingerprint density at radius 2 is 1.73 bits per heavy atom. The van der Waals surface area contributed by atoms with Crippen LogP contribution in [-0.2, 0) is 0 Å². The van der Waals surface area contributed by atoms with Crippen molar-refractivity contribution in [2.45, 2.75) is 0 Å². The number of ether oxygens (including phenoxy) is 2. The molecule has 0 atom stereocenters. The van der Waals surface area contributed by atoms with E-state index in [4.69, 9.17) is 9.47 Å². The van der Waals surface area contributed by atoms with Gasteiger partial charge in [0.1, 0.15) is 13.2 Å². The van der Waals surface area contributed by atoms with Gasteiger partial charge < -0.3 is 14.8 Å². The number of anilines is 2.